The van der Waals surface area contributed by atoms with Crippen LogP contribution in [-0.2, 0) is 0 Å². The van der Waals surface area contributed by atoms with E-state index in [0.717, 1.165) is 11.3 Å². The highest BCUT2D eigenvalue weighted by atomic mass is 16.1. The number of rotatable bonds is 3. The zero-order valence-electron chi connectivity index (χ0n) is 14.7. The highest BCUT2D eigenvalue weighted by Gasteiger charge is 2.09. The molecule has 1 heterocycles. The maximum Gasteiger partial charge on any atom is 0.265 e. The molecule has 1 N–H and O–H groups in total. The molecule has 0 atom stereocenters. The number of amides is 1. The second kappa shape index (κ2) is 6.88. The number of hydrogen-bond acceptors (Lipinski definition) is 3. The number of benzene rings is 3. The van der Waals surface area contributed by atoms with Gasteiger partial charge in [-0.2, -0.15) is 0 Å². The zero-order chi connectivity index (χ0) is 18.8. The number of aromatic nitrogens is 2. The maximum absolute atomic E-state index is 12.7. The monoisotopic (exact) mass is 355 g/mol. The summed E-state index contributed by atoms with van der Waals surface area (Å²) in [6.07, 6.45) is 1.51. The minimum atomic E-state index is -0.195. The van der Waals surface area contributed by atoms with E-state index in [0.29, 0.717) is 22.2 Å². The topological polar surface area (TPSA) is 64.0 Å². The second-order valence-electron chi connectivity index (χ2n) is 6.25. The molecule has 1 aromatic heterocycles. The molecule has 0 spiro atoms. The third-order valence-electron chi connectivity index (χ3n) is 4.47. The maximum atomic E-state index is 12.7. The number of carbonyl (C=O) groups excluding carboxylic acids is 1. The van der Waals surface area contributed by atoms with Crippen molar-refractivity contribution in [3.8, 4) is 5.69 Å². The summed E-state index contributed by atoms with van der Waals surface area (Å²) in [7, 11) is 0. The van der Waals surface area contributed by atoms with Crippen molar-refractivity contribution in [2.45, 2.75) is 6.92 Å². The van der Waals surface area contributed by atoms with Crippen LogP contribution in [-0.4, -0.2) is 15.5 Å². The molecule has 4 rings (SSSR count). The second-order valence-corrected chi connectivity index (χ2v) is 6.25. The number of nitrogens with zero attached hydrogens (tertiary/aromatic N) is 2. The lowest BCUT2D eigenvalue weighted by Crippen LogP contribution is -2.19. The van der Waals surface area contributed by atoms with Crippen molar-refractivity contribution in [3.63, 3.8) is 0 Å². The lowest BCUT2D eigenvalue weighted by Gasteiger charge is -2.10. The van der Waals surface area contributed by atoms with E-state index in [2.05, 4.69) is 10.3 Å². The molecule has 27 heavy (non-hydrogen) atoms. The van der Waals surface area contributed by atoms with Crippen LogP contribution in [0, 0.1) is 6.92 Å². The van der Waals surface area contributed by atoms with E-state index in [1.54, 1.807) is 36.4 Å². The third kappa shape index (κ3) is 3.22. The van der Waals surface area contributed by atoms with E-state index in [9.17, 15) is 9.59 Å². The molecule has 4 aromatic rings. The van der Waals surface area contributed by atoms with E-state index in [4.69, 9.17) is 0 Å². The Morgan fingerprint density at radius 3 is 2.41 bits per heavy atom. The van der Waals surface area contributed by atoms with Gasteiger partial charge in [0.2, 0.25) is 0 Å². The largest absolute Gasteiger partial charge is 0.322 e. The molecule has 132 valence electrons. The van der Waals surface area contributed by atoms with Crippen LogP contribution in [0.15, 0.2) is 83.9 Å². The van der Waals surface area contributed by atoms with Crippen molar-refractivity contribution < 1.29 is 4.79 Å². The standard InChI is InChI=1S/C22H17N3O2/c1-15-6-2-4-8-19(15)24-21(26)16-10-12-17(13-11-16)25-14-23-20-9-5-3-7-18(20)22(25)27/h2-14H,1H3,(H,24,26). The molecule has 5 nitrogen and oxygen atoms in total. The zero-order valence-corrected chi connectivity index (χ0v) is 14.7. The van der Waals surface area contributed by atoms with Gasteiger partial charge in [-0.15, -0.1) is 0 Å². The molecule has 0 aliphatic heterocycles. The number of carbonyl (C=O) groups is 1. The molecule has 0 aliphatic carbocycles. The normalized spacial score (nSPS) is 10.7. The van der Waals surface area contributed by atoms with Gasteiger partial charge in [-0.05, 0) is 55.0 Å². The van der Waals surface area contributed by atoms with Gasteiger partial charge in [0.1, 0.15) is 6.33 Å². The Kier molecular flexibility index (Phi) is 4.26. The van der Waals surface area contributed by atoms with E-state index in [1.165, 1.54) is 10.9 Å². The predicted octanol–water partition coefficient (Wildman–Crippen LogP) is 3.95. The molecule has 0 bridgehead atoms. The molecule has 3 aromatic carbocycles. The lowest BCUT2D eigenvalue weighted by molar-refractivity contribution is 0.102. The molecular formula is C22H17N3O2. The van der Waals surface area contributed by atoms with Crippen molar-refractivity contribution in [2.24, 2.45) is 0 Å². The molecule has 0 radical (unpaired) electrons. The molecule has 0 saturated carbocycles. The highest BCUT2D eigenvalue weighted by molar-refractivity contribution is 6.04. The smallest absolute Gasteiger partial charge is 0.265 e. The highest BCUT2D eigenvalue weighted by Crippen LogP contribution is 2.16. The minimum Gasteiger partial charge on any atom is -0.322 e. The van der Waals surface area contributed by atoms with Gasteiger partial charge in [0, 0.05) is 11.3 Å². The first-order chi connectivity index (χ1) is 13.1. The SMILES string of the molecule is Cc1ccccc1NC(=O)c1ccc(-n2cnc3ccccc3c2=O)cc1. The van der Waals surface area contributed by atoms with Gasteiger partial charge in [-0.3, -0.25) is 14.2 Å². The molecule has 1 amide bonds. The molecule has 0 fully saturated rings. The fourth-order valence-corrected chi connectivity index (χ4v) is 2.93. The quantitative estimate of drug-likeness (QED) is 0.605. The average Bonchev–Trinajstić information content (AvgIpc) is 2.70. The van der Waals surface area contributed by atoms with Gasteiger partial charge in [-0.25, -0.2) is 4.98 Å². The number of para-hydroxylation sites is 2. The van der Waals surface area contributed by atoms with Gasteiger partial charge in [0.15, 0.2) is 0 Å². The summed E-state index contributed by atoms with van der Waals surface area (Å²) in [5, 5.41) is 3.46. The molecule has 5 heteroatoms. The predicted molar refractivity (Wildman–Crippen MR) is 106 cm³/mol. The third-order valence-corrected chi connectivity index (χ3v) is 4.47. The molecule has 0 aliphatic rings. The Bertz CT molecular complexity index is 1190. The Morgan fingerprint density at radius 1 is 0.926 bits per heavy atom. The van der Waals surface area contributed by atoms with Crippen LogP contribution < -0.4 is 10.9 Å². The van der Waals surface area contributed by atoms with Gasteiger partial charge in [0.25, 0.3) is 11.5 Å². The van der Waals surface area contributed by atoms with Crippen LogP contribution >= 0.6 is 0 Å². The van der Waals surface area contributed by atoms with Crippen molar-refractivity contribution in [1.29, 1.82) is 0 Å². The average molecular weight is 355 g/mol. The summed E-state index contributed by atoms with van der Waals surface area (Å²) in [5.41, 5.74) is 3.47. The van der Waals surface area contributed by atoms with Crippen molar-refractivity contribution in [3.05, 3.63) is 101 Å². The summed E-state index contributed by atoms with van der Waals surface area (Å²) in [6, 6.07) is 21.7. The Labute approximate surface area is 155 Å². The van der Waals surface area contributed by atoms with Crippen molar-refractivity contribution >= 4 is 22.5 Å². The van der Waals surface area contributed by atoms with E-state index < -0.39 is 0 Å². The molecular weight excluding hydrogens is 338 g/mol. The van der Waals surface area contributed by atoms with Crippen LogP contribution in [0.4, 0.5) is 5.69 Å². The Morgan fingerprint density at radius 2 is 1.63 bits per heavy atom. The van der Waals surface area contributed by atoms with E-state index >= 15 is 0 Å². The van der Waals surface area contributed by atoms with Crippen LogP contribution in [0.1, 0.15) is 15.9 Å². The minimum absolute atomic E-state index is 0.141. The molecule has 0 unspecified atom stereocenters. The van der Waals surface area contributed by atoms with Crippen LogP contribution in [0.3, 0.4) is 0 Å². The number of hydrogen-bond donors (Lipinski definition) is 1. The van der Waals surface area contributed by atoms with Crippen LogP contribution in [0.5, 0.6) is 0 Å². The first-order valence-electron chi connectivity index (χ1n) is 8.57. The first-order valence-corrected chi connectivity index (χ1v) is 8.57. The van der Waals surface area contributed by atoms with Crippen LogP contribution in [0.25, 0.3) is 16.6 Å². The van der Waals surface area contributed by atoms with Gasteiger partial charge >= 0.3 is 0 Å². The lowest BCUT2D eigenvalue weighted by atomic mass is 10.1. The summed E-state index contributed by atoms with van der Waals surface area (Å²) in [5.74, 6) is -0.195. The fraction of sp³-hybridized carbons (Fsp3) is 0.0455. The summed E-state index contributed by atoms with van der Waals surface area (Å²) >= 11 is 0. The number of fused-ring (bicyclic) bond motifs is 1. The van der Waals surface area contributed by atoms with Crippen molar-refractivity contribution in [1.82, 2.24) is 9.55 Å². The van der Waals surface area contributed by atoms with Gasteiger partial charge < -0.3 is 5.32 Å². The van der Waals surface area contributed by atoms with Crippen molar-refractivity contribution in [2.75, 3.05) is 5.32 Å². The molecule has 0 saturated heterocycles. The number of nitrogens with one attached hydrogen (secondary N) is 1. The number of aryl methyl sites for hydroxylation is 1. The van der Waals surface area contributed by atoms with Gasteiger partial charge in [0.05, 0.1) is 16.6 Å². The summed E-state index contributed by atoms with van der Waals surface area (Å²) in [4.78, 5) is 29.5. The first kappa shape index (κ1) is 16.7. The Balaban J connectivity index is 1.63. The fourth-order valence-electron chi connectivity index (χ4n) is 2.93. The van der Waals surface area contributed by atoms with Gasteiger partial charge in [-0.1, -0.05) is 30.3 Å². The van der Waals surface area contributed by atoms with E-state index in [1.807, 2.05) is 43.3 Å². The van der Waals surface area contributed by atoms with Crippen LogP contribution in [0.2, 0.25) is 0 Å². The number of anilines is 1. The summed E-state index contributed by atoms with van der Waals surface area (Å²) < 4.78 is 1.48. The Hall–Kier alpha value is -3.73. The van der Waals surface area contributed by atoms with E-state index in [-0.39, 0.29) is 11.5 Å². The summed E-state index contributed by atoms with van der Waals surface area (Å²) in [6.45, 7) is 1.94.